The Morgan fingerprint density at radius 2 is 2.33 bits per heavy atom. The number of carbonyl (C=O) groups is 1. The zero-order valence-corrected chi connectivity index (χ0v) is 20.4. The van der Waals surface area contributed by atoms with Crippen molar-refractivity contribution in [3.8, 4) is 0 Å². The minimum atomic E-state index is -0.719. The van der Waals surface area contributed by atoms with Crippen LogP contribution in [0.25, 0.3) is 0 Å². The molecule has 1 saturated heterocycles. The Bertz CT molecular complexity index is 1060. The summed E-state index contributed by atoms with van der Waals surface area (Å²) in [5.41, 5.74) is 1.63. The summed E-state index contributed by atoms with van der Waals surface area (Å²) in [5.74, 6) is -0.356. The molecule has 0 saturated carbocycles. The van der Waals surface area contributed by atoms with E-state index in [1.54, 1.807) is 19.2 Å². The van der Waals surface area contributed by atoms with Crippen LogP contribution in [0.15, 0.2) is 50.5 Å². The molecule has 0 amide bonds. The minimum Gasteiger partial charge on any atom is -0.463 e. The number of morpholine rings is 1. The second kappa shape index (κ2) is 10.8. The predicted molar refractivity (Wildman–Crippen MR) is 126 cm³/mol. The average molecular weight is 539 g/mol. The number of aliphatic hydroxyl groups excluding tert-OH is 1. The average Bonchev–Trinajstić information content (AvgIpc) is 3.34. The van der Waals surface area contributed by atoms with Gasteiger partial charge >= 0.3 is 5.97 Å². The summed E-state index contributed by atoms with van der Waals surface area (Å²) in [6, 6.07) is 3.60. The molecule has 3 heterocycles. The van der Waals surface area contributed by atoms with E-state index in [9.17, 15) is 14.3 Å². The number of thiazole rings is 1. The first kappa shape index (κ1) is 24.0. The normalized spacial score (nSPS) is 21.5. The van der Waals surface area contributed by atoms with Crippen molar-refractivity contribution in [2.45, 2.75) is 19.1 Å². The summed E-state index contributed by atoms with van der Waals surface area (Å²) in [5, 5.41) is 15.3. The first-order chi connectivity index (χ1) is 16.0. The zero-order valence-electron chi connectivity index (χ0n) is 18.0. The number of nitrogens with zero attached hydrogens (tertiary/aromatic N) is 3. The summed E-state index contributed by atoms with van der Waals surface area (Å²) in [7, 11) is 0. The van der Waals surface area contributed by atoms with Gasteiger partial charge in [0.2, 0.25) is 0 Å². The minimum absolute atomic E-state index is 0.0787. The molecule has 1 aromatic heterocycles. The molecule has 33 heavy (non-hydrogen) atoms. The molecule has 2 N–H and O–H groups in total. The second-order valence-electron chi connectivity index (χ2n) is 7.53. The number of nitrogens with one attached hydrogen (secondary N) is 1. The lowest BCUT2D eigenvalue weighted by Crippen LogP contribution is -2.47. The van der Waals surface area contributed by atoms with Gasteiger partial charge in [-0.3, -0.25) is 9.89 Å². The van der Waals surface area contributed by atoms with Crippen LogP contribution >= 0.6 is 27.3 Å². The highest BCUT2D eigenvalue weighted by molar-refractivity contribution is 9.10. The largest absolute Gasteiger partial charge is 0.463 e. The van der Waals surface area contributed by atoms with Gasteiger partial charge in [0.25, 0.3) is 0 Å². The summed E-state index contributed by atoms with van der Waals surface area (Å²) in [4.78, 5) is 24.4. The third kappa shape index (κ3) is 5.49. The molecule has 2 aromatic rings. The molecule has 2 atom stereocenters. The van der Waals surface area contributed by atoms with Gasteiger partial charge < -0.3 is 19.9 Å². The van der Waals surface area contributed by atoms with E-state index in [0.29, 0.717) is 58.4 Å². The van der Waals surface area contributed by atoms with Crippen molar-refractivity contribution < 1.29 is 23.8 Å². The summed E-state index contributed by atoms with van der Waals surface area (Å²) >= 11 is 4.85. The van der Waals surface area contributed by atoms with Gasteiger partial charge in [0.15, 0.2) is 10.8 Å². The molecule has 0 radical (unpaired) electrons. The molecular formula is C22H24BrFN4O4S. The van der Waals surface area contributed by atoms with Gasteiger partial charge in [0.05, 0.1) is 31.5 Å². The SMILES string of the molecule is CCOC(=O)C1=C(CN2CCO[C@H](CO)C2)NC(c2nccs2)=NC1c1ccc(F)cc1Br. The van der Waals surface area contributed by atoms with Crippen LogP contribution in [0.4, 0.5) is 4.39 Å². The molecule has 1 aromatic carbocycles. The number of rotatable bonds is 7. The molecule has 176 valence electrons. The van der Waals surface area contributed by atoms with Gasteiger partial charge in [0.1, 0.15) is 11.9 Å². The fourth-order valence-corrected chi connectivity index (χ4v) is 4.98. The Hall–Kier alpha value is -2.18. The number of benzene rings is 1. The van der Waals surface area contributed by atoms with E-state index in [4.69, 9.17) is 14.5 Å². The van der Waals surface area contributed by atoms with Crippen LogP contribution in [0.2, 0.25) is 0 Å². The van der Waals surface area contributed by atoms with Crippen molar-refractivity contribution in [1.82, 2.24) is 15.2 Å². The third-order valence-electron chi connectivity index (χ3n) is 5.32. The van der Waals surface area contributed by atoms with Crippen molar-refractivity contribution in [2.24, 2.45) is 4.99 Å². The van der Waals surface area contributed by atoms with Crippen LogP contribution in [0, 0.1) is 5.82 Å². The van der Waals surface area contributed by atoms with E-state index in [-0.39, 0.29) is 19.3 Å². The van der Waals surface area contributed by atoms with E-state index in [1.807, 2.05) is 5.38 Å². The van der Waals surface area contributed by atoms with Crippen molar-refractivity contribution >= 4 is 39.1 Å². The Morgan fingerprint density at radius 3 is 3.03 bits per heavy atom. The van der Waals surface area contributed by atoms with Gasteiger partial charge in [-0.15, -0.1) is 11.3 Å². The number of esters is 1. The van der Waals surface area contributed by atoms with E-state index in [1.165, 1.54) is 23.5 Å². The lowest BCUT2D eigenvalue weighted by Gasteiger charge is -2.35. The number of aliphatic hydroxyl groups is 1. The monoisotopic (exact) mass is 538 g/mol. The van der Waals surface area contributed by atoms with Crippen LogP contribution in [0.3, 0.4) is 0 Å². The molecule has 0 aliphatic carbocycles. The van der Waals surface area contributed by atoms with E-state index < -0.39 is 17.8 Å². The smallest absolute Gasteiger partial charge is 0.338 e. The highest BCUT2D eigenvalue weighted by atomic mass is 79.9. The van der Waals surface area contributed by atoms with E-state index in [0.717, 1.165) is 0 Å². The lowest BCUT2D eigenvalue weighted by molar-refractivity contribution is -0.139. The van der Waals surface area contributed by atoms with Crippen LogP contribution in [-0.2, 0) is 14.3 Å². The number of aliphatic imine (C=N–C) groups is 1. The maximum Gasteiger partial charge on any atom is 0.338 e. The van der Waals surface area contributed by atoms with Gasteiger partial charge in [-0.05, 0) is 24.6 Å². The quantitative estimate of drug-likeness (QED) is 0.523. The first-order valence-corrected chi connectivity index (χ1v) is 12.2. The summed E-state index contributed by atoms with van der Waals surface area (Å²) in [6.07, 6.45) is 1.40. The topological polar surface area (TPSA) is 96.3 Å². The Morgan fingerprint density at radius 1 is 1.48 bits per heavy atom. The molecule has 2 aliphatic rings. The Balaban J connectivity index is 1.79. The number of hydrogen-bond acceptors (Lipinski definition) is 9. The molecular weight excluding hydrogens is 515 g/mol. The molecule has 1 unspecified atom stereocenters. The standard InChI is InChI=1S/C22H24BrFN4O4S/c1-2-31-22(30)18-17(11-28-6-7-32-14(10-28)12-29)26-20(21-25-5-8-33-21)27-19(18)15-4-3-13(24)9-16(15)23/h3-5,8-9,14,19,29H,2,6-7,10-12H2,1H3,(H,26,27)/t14-,19?/m0/s1. The van der Waals surface area contributed by atoms with E-state index in [2.05, 4.69) is 31.1 Å². The van der Waals surface area contributed by atoms with Gasteiger partial charge in [-0.25, -0.2) is 14.2 Å². The fourth-order valence-electron chi connectivity index (χ4n) is 3.83. The molecule has 0 bridgehead atoms. The second-order valence-corrected chi connectivity index (χ2v) is 9.28. The summed E-state index contributed by atoms with van der Waals surface area (Å²) < 4.78 is 25.3. The maximum absolute atomic E-state index is 13.8. The van der Waals surface area contributed by atoms with Crippen LogP contribution in [0.1, 0.15) is 23.5 Å². The molecule has 4 rings (SSSR count). The van der Waals surface area contributed by atoms with Crippen molar-refractivity contribution in [1.29, 1.82) is 0 Å². The third-order valence-corrected chi connectivity index (χ3v) is 6.79. The number of amidine groups is 1. The molecule has 8 nitrogen and oxygen atoms in total. The number of halogens is 2. The highest BCUT2D eigenvalue weighted by Crippen LogP contribution is 2.37. The van der Waals surface area contributed by atoms with Crippen molar-refractivity contribution in [3.05, 3.63) is 61.9 Å². The zero-order chi connectivity index (χ0) is 23.4. The summed E-state index contributed by atoms with van der Waals surface area (Å²) in [6.45, 7) is 3.92. The first-order valence-electron chi connectivity index (χ1n) is 10.5. The van der Waals surface area contributed by atoms with E-state index >= 15 is 0 Å². The van der Waals surface area contributed by atoms with Crippen LogP contribution in [-0.4, -0.2) is 72.4 Å². The molecule has 11 heteroatoms. The molecule has 0 spiro atoms. The number of hydrogen-bond donors (Lipinski definition) is 2. The van der Waals surface area contributed by atoms with Gasteiger partial charge in [-0.2, -0.15) is 0 Å². The lowest BCUT2D eigenvalue weighted by atomic mass is 9.95. The van der Waals surface area contributed by atoms with Crippen LogP contribution < -0.4 is 5.32 Å². The highest BCUT2D eigenvalue weighted by Gasteiger charge is 2.35. The fraction of sp³-hybridized carbons (Fsp3) is 0.409. The Labute approximate surface area is 203 Å². The number of carbonyl (C=O) groups excluding carboxylic acids is 1. The van der Waals surface area contributed by atoms with Gasteiger partial charge in [-0.1, -0.05) is 22.0 Å². The predicted octanol–water partition coefficient (Wildman–Crippen LogP) is 2.65. The number of ether oxygens (including phenoxy) is 2. The van der Waals surface area contributed by atoms with Crippen LogP contribution in [0.5, 0.6) is 0 Å². The molecule has 1 fully saturated rings. The number of aromatic nitrogens is 1. The maximum atomic E-state index is 13.8. The van der Waals surface area contributed by atoms with Crippen molar-refractivity contribution in [3.63, 3.8) is 0 Å². The van der Waals surface area contributed by atoms with Crippen molar-refractivity contribution in [2.75, 3.05) is 39.5 Å². The Kier molecular flexibility index (Phi) is 7.86. The van der Waals surface area contributed by atoms with Gasteiger partial charge in [0, 0.05) is 41.4 Å². The molecule has 2 aliphatic heterocycles.